The molecule has 0 spiro atoms. The van der Waals surface area contributed by atoms with Crippen molar-refractivity contribution in [2.24, 2.45) is 5.41 Å². The lowest BCUT2D eigenvalue weighted by atomic mass is 9.78. The second-order valence-electron chi connectivity index (χ2n) is 7.29. The van der Waals surface area contributed by atoms with E-state index in [0.717, 1.165) is 5.56 Å². The number of rotatable bonds is 0. The Balaban J connectivity index is 2.66. The minimum atomic E-state index is -1.55. The van der Waals surface area contributed by atoms with Crippen molar-refractivity contribution in [3.8, 4) is 0 Å². The summed E-state index contributed by atoms with van der Waals surface area (Å²) in [6.45, 7) is 11.9. The molecule has 1 N–H and O–H groups in total. The van der Waals surface area contributed by atoms with E-state index in [1.54, 1.807) is 6.07 Å². The lowest BCUT2D eigenvalue weighted by Crippen LogP contribution is -2.40. The highest BCUT2D eigenvalue weighted by Gasteiger charge is 2.52. The Morgan fingerprint density at radius 2 is 1.68 bits per heavy atom. The first-order chi connectivity index (χ1) is 8.47. The molecule has 1 aromatic carbocycles. The van der Waals surface area contributed by atoms with Crippen molar-refractivity contribution in [1.82, 2.24) is 0 Å². The van der Waals surface area contributed by atoms with Gasteiger partial charge in [0.2, 0.25) is 5.79 Å². The lowest BCUT2D eigenvalue weighted by Gasteiger charge is -2.36. The summed E-state index contributed by atoms with van der Waals surface area (Å²) in [5.41, 5.74) is 1.50. The van der Waals surface area contributed by atoms with Crippen molar-refractivity contribution in [1.29, 1.82) is 0 Å². The van der Waals surface area contributed by atoms with Crippen molar-refractivity contribution in [2.45, 2.75) is 52.7 Å². The van der Waals surface area contributed by atoms with E-state index in [0.29, 0.717) is 11.1 Å². The maximum absolute atomic E-state index is 11.9. The van der Waals surface area contributed by atoms with Gasteiger partial charge in [0.15, 0.2) is 0 Å². The van der Waals surface area contributed by atoms with Gasteiger partial charge in [0.05, 0.1) is 5.56 Å². The number of carbonyl (C=O) groups is 1. The molecule has 1 unspecified atom stereocenters. The largest absolute Gasteiger partial charge is 0.425 e. The predicted octanol–water partition coefficient (Wildman–Crippen LogP) is 3.35. The Labute approximate surface area is 114 Å². The van der Waals surface area contributed by atoms with Gasteiger partial charge in [0, 0.05) is 11.0 Å². The van der Waals surface area contributed by atoms with Gasteiger partial charge in [0.1, 0.15) is 0 Å². The fourth-order valence-corrected chi connectivity index (χ4v) is 2.27. The zero-order valence-corrected chi connectivity index (χ0v) is 12.5. The molecule has 3 nitrogen and oxygen atoms in total. The average Bonchev–Trinajstić information content (AvgIpc) is 2.50. The van der Waals surface area contributed by atoms with Crippen LogP contribution in [-0.4, -0.2) is 11.1 Å². The third-order valence-corrected chi connectivity index (χ3v) is 3.73. The van der Waals surface area contributed by atoms with Crippen LogP contribution in [0.2, 0.25) is 0 Å². The van der Waals surface area contributed by atoms with Gasteiger partial charge < -0.3 is 9.84 Å². The first kappa shape index (κ1) is 14.1. The molecular formula is C16H22O3. The molecule has 0 aromatic heterocycles. The van der Waals surface area contributed by atoms with E-state index in [9.17, 15) is 9.90 Å². The summed E-state index contributed by atoms with van der Waals surface area (Å²) in [6.07, 6.45) is 0. The summed E-state index contributed by atoms with van der Waals surface area (Å²) < 4.78 is 5.27. The smallest absolute Gasteiger partial charge is 0.341 e. The molecule has 0 saturated carbocycles. The van der Waals surface area contributed by atoms with E-state index in [-0.39, 0.29) is 5.41 Å². The van der Waals surface area contributed by atoms with Gasteiger partial charge in [-0.1, -0.05) is 47.6 Å². The molecule has 0 aliphatic carbocycles. The third-order valence-electron chi connectivity index (χ3n) is 3.73. The topological polar surface area (TPSA) is 46.5 Å². The highest BCUT2D eigenvalue weighted by atomic mass is 16.7. The molecule has 0 bridgehead atoms. The number of fused-ring (bicyclic) bond motifs is 1. The van der Waals surface area contributed by atoms with Gasteiger partial charge in [0.25, 0.3) is 0 Å². The first-order valence-electron chi connectivity index (χ1n) is 6.57. The highest BCUT2D eigenvalue weighted by molar-refractivity contribution is 5.94. The molecule has 0 amide bonds. The van der Waals surface area contributed by atoms with Crippen molar-refractivity contribution >= 4 is 5.97 Å². The van der Waals surface area contributed by atoms with Crippen molar-refractivity contribution in [3.05, 3.63) is 34.9 Å². The molecule has 0 radical (unpaired) electrons. The zero-order valence-electron chi connectivity index (χ0n) is 12.5. The Kier molecular flexibility index (Phi) is 2.83. The van der Waals surface area contributed by atoms with Gasteiger partial charge in [-0.2, -0.15) is 0 Å². The van der Waals surface area contributed by atoms with Gasteiger partial charge in [-0.15, -0.1) is 0 Å². The highest BCUT2D eigenvalue weighted by Crippen LogP contribution is 2.47. The monoisotopic (exact) mass is 262 g/mol. The molecule has 1 aliphatic rings. The number of hydrogen-bond acceptors (Lipinski definition) is 3. The average molecular weight is 262 g/mol. The Morgan fingerprint density at radius 3 is 2.16 bits per heavy atom. The second-order valence-corrected chi connectivity index (χ2v) is 7.29. The molecule has 0 fully saturated rings. The minimum absolute atomic E-state index is 0.0422. The number of esters is 1. The third kappa shape index (κ3) is 2.06. The number of hydrogen-bond donors (Lipinski definition) is 1. The van der Waals surface area contributed by atoms with Crippen LogP contribution in [0.15, 0.2) is 18.2 Å². The van der Waals surface area contributed by atoms with E-state index in [4.69, 9.17) is 4.74 Å². The number of ether oxygens (including phenoxy) is 1. The van der Waals surface area contributed by atoms with Crippen LogP contribution in [0, 0.1) is 5.41 Å². The van der Waals surface area contributed by atoms with Crippen molar-refractivity contribution in [3.63, 3.8) is 0 Å². The number of cyclic esters (lactones) is 1. The molecule has 19 heavy (non-hydrogen) atoms. The van der Waals surface area contributed by atoms with Crippen LogP contribution >= 0.6 is 0 Å². The van der Waals surface area contributed by atoms with Crippen LogP contribution in [0.1, 0.15) is 63.0 Å². The fourth-order valence-electron chi connectivity index (χ4n) is 2.27. The van der Waals surface area contributed by atoms with E-state index in [1.165, 1.54) is 0 Å². The summed E-state index contributed by atoms with van der Waals surface area (Å²) in [5, 5.41) is 10.8. The van der Waals surface area contributed by atoms with Gasteiger partial charge in [-0.05, 0) is 23.1 Å². The van der Waals surface area contributed by atoms with Crippen LogP contribution in [0.5, 0.6) is 0 Å². The molecule has 1 aromatic rings. The van der Waals surface area contributed by atoms with Crippen LogP contribution in [0.3, 0.4) is 0 Å². The second kappa shape index (κ2) is 3.83. The summed E-state index contributed by atoms with van der Waals surface area (Å²) in [5.74, 6) is -2.01. The summed E-state index contributed by atoms with van der Waals surface area (Å²) in [6, 6.07) is 5.57. The fraction of sp³-hybridized carbons (Fsp3) is 0.562. The summed E-state index contributed by atoms with van der Waals surface area (Å²) in [7, 11) is 0. The number of aliphatic hydroxyl groups is 1. The molecule has 1 atom stereocenters. The molecular weight excluding hydrogens is 240 g/mol. The molecule has 2 rings (SSSR count). The Morgan fingerprint density at radius 1 is 1.11 bits per heavy atom. The van der Waals surface area contributed by atoms with E-state index in [2.05, 4.69) is 20.8 Å². The van der Waals surface area contributed by atoms with E-state index >= 15 is 0 Å². The normalized spacial score (nSPS) is 23.2. The molecule has 3 heteroatoms. The SMILES string of the molecule is CC(C)(C)c1ccc2c(c1)C(O)(C(C)(C)C)OC2=O. The van der Waals surface area contributed by atoms with E-state index in [1.807, 2.05) is 32.9 Å². The standard InChI is InChI=1S/C16H22O3/c1-14(2,3)10-7-8-11-12(9-10)16(18,15(4,5)6)19-13(11)17/h7-9,18H,1-6H3. The molecule has 104 valence electrons. The Hall–Kier alpha value is -1.35. The van der Waals surface area contributed by atoms with Gasteiger partial charge in [-0.25, -0.2) is 4.79 Å². The number of carbonyl (C=O) groups excluding carboxylic acids is 1. The van der Waals surface area contributed by atoms with Crippen LogP contribution in [0.4, 0.5) is 0 Å². The van der Waals surface area contributed by atoms with Crippen LogP contribution in [-0.2, 0) is 15.9 Å². The molecule has 1 heterocycles. The summed E-state index contributed by atoms with van der Waals surface area (Å²) >= 11 is 0. The van der Waals surface area contributed by atoms with Crippen molar-refractivity contribution < 1.29 is 14.6 Å². The van der Waals surface area contributed by atoms with Crippen LogP contribution in [0.25, 0.3) is 0 Å². The van der Waals surface area contributed by atoms with E-state index < -0.39 is 17.2 Å². The lowest BCUT2D eigenvalue weighted by molar-refractivity contribution is -0.228. The zero-order chi connectivity index (χ0) is 14.6. The van der Waals surface area contributed by atoms with Gasteiger partial charge >= 0.3 is 5.97 Å². The maximum atomic E-state index is 11.9. The molecule has 1 aliphatic heterocycles. The Bertz CT molecular complexity index is 532. The predicted molar refractivity (Wildman–Crippen MR) is 73.9 cm³/mol. The minimum Gasteiger partial charge on any atom is -0.425 e. The maximum Gasteiger partial charge on any atom is 0.341 e. The quantitative estimate of drug-likeness (QED) is 0.729. The van der Waals surface area contributed by atoms with Crippen molar-refractivity contribution in [2.75, 3.05) is 0 Å². The first-order valence-corrected chi connectivity index (χ1v) is 6.57. The van der Waals surface area contributed by atoms with Crippen LogP contribution < -0.4 is 0 Å². The molecule has 0 saturated heterocycles. The number of benzene rings is 1. The van der Waals surface area contributed by atoms with Gasteiger partial charge in [-0.3, -0.25) is 0 Å². The summed E-state index contributed by atoms with van der Waals surface area (Å²) in [4.78, 5) is 11.9.